The minimum absolute atomic E-state index is 0.0845. The summed E-state index contributed by atoms with van der Waals surface area (Å²) in [6.45, 7) is 4.41. The predicted molar refractivity (Wildman–Crippen MR) is 131 cm³/mol. The van der Waals surface area contributed by atoms with Crippen LogP contribution in [0.3, 0.4) is 0 Å². The van der Waals surface area contributed by atoms with Crippen LogP contribution in [0.2, 0.25) is 0 Å². The van der Waals surface area contributed by atoms with Crippen molar-refractivity contribution in [2.24, 2.45) is 23.7 Å². The lowest BCUT2D eigenvalue weighted by molar-refractivity contribution is -0.139. The average Bonchev–Trinajstić information content (AvgIpc) is 3.36. The van der Waals surface area contributed by atoms with Gasteiger partial charge in [0.1, 0.15) is 5.75 Å². The van der Waals surface area contributed by atoms with E-state index in [1.165, 1.54) is 4.90 Å². The fourth-order valence-corrected chi connectivity index (χ4v) is 5.70. The molecule has 1 saturated carbocycles. The van der Waals surface area contributed by atoms with Gasteiger partial charge >= 0.3 is 5.97 Å². The first-order valence-corrected chi connectivity index (χ1v) is 12.4. The van der Waals surface area contributed by atoms with Crippen LogP contribution in [0.25, 0.3) is 0 Å². The predicted octanol–water partition coefficient (Wildman–Crippen LogP) is 4.13. The summed E-state index contributed by atoms with van der Waals surface area (Å²) in [5, 5.41) is 0. The van der Waals surface area contributed by atoms with E-state index in [-0.39, 0.29) is 48.3 Å². The standard InChI is InChI=1S/C28H30N2O5/c1-3-18-7-4-5-10-24(18)29-16-19(14-25(29)31)28(34)35-21-9-6-8-20(15-21)30-26(32)22-12-11-17(2)13-23(22)27(30)33/h4-10,15,17,19,22-23H,3,11-14,16H2,1-2H3/t17-,19-,22-,23+/m1/s1. The van der Waals surface area contributed by atoms with Crippen LogP contribution in [0.4, 0.5) is 11.4 Å². The minimum Gasteiger partial charge on any atom is -0.426 e. The molecule has 2 aliphatic heterocycles. The van der Waals surface area contributed by atoms with E-state index in [9.17, 15) is 19.2 Å². The molecule has 0 bridgehead atoms. The lowest BCUT2D eigenvalue weighted by Crippen LogP contribution is -2.31. The van der Waals surface area contributed by atoms with Crippen molar-refractivity contribution in [1.82, 2.24) is 0 Å². The molecule has 2 heterocycles. The normalized spacial score (nSPS) is 26.3. The highest BCUT2D eigenvalue weighted by Crippen LogP contribution is 2.42. The zero-order valence-electron chi connectivity index (χ0n) is 20.1. The third-order valence-electron chi connectivity index (χ3n) is 7.60. The summed E-state index contributed by atoms with van der Waals surface area (Å²) < 4.78 is 5.63. The van der Waals surface area contributed by atoms with E-state index in [0.29, 0.717) is 11.6 Å². The highest BCUT2D eigenvalue weighted by molar-refractivity contribution is 6.22. The number of imide groups is 1. The number of carbonyl (C=O) groups excluding carboxylic acids is 4. The van der Waals surface area contributed by atoms with E-state index in [1.807, 2.05) is 31.2 Å². The number of benzene rings is 2. The maximum absolute atomic E-state index is 13.1. The van der Waals surface area contributed by atoms with Gasteiger partial charge in [-0.05, 0) is 55.4 Å². The summed E-state index contributed by atoms with van der Waals surface area (Å²) in [7, 11) is 0. The Balaban J connectivity index is 1.30. The number of amides is 3. The van der Waals surface area contributed by atoms with E-state index in [4.69, 9.17) is 4.74 Å². The molecule has 2 aromatic rings. The molecule has 182 valence electrons. The maximum Gasteiger partial charge on any atom is 0.316 e. The van der Waals surface area contributed by atoms with Crippen molar-refractivity contribution in [3.63, 3.8) is 0 Å². The molecule has 0 N–H and O–H groups in total. The SMILES string of the molecule is CCc1ccccc1N1C[C@H](C(=O)Oc2cccc(N3C(=O)[C@H]4C[C@H](C)CC[C@H]4C3=O)c2)CC1=O. The molecule has 5 rings (SSSR count). The fraction of sp³-hybridized carbons (Fsp3) is 0.429. The Labute approximate surface area is 205 Å². The molecule has 0 unspecified atom stereocenters. The average molecular weight is 475 g/mol. The molecule has 7 nitrogen and oxygen atoms in total. The van der Waals surface area contributed by atoms with Crippen molar-refractivity contribution in [2.45, 2.75) is 46.0 Å². The fourth-order valence-electron chi connectivity index (χ4n) is 5.70. The van der Waals surface area contributed by atoms with Gasteiger partial charge in [0.05, 0.1) is 23.4 Å². The molecular formula is C28H30N2O5. The maximum atomic E-state index is 13.1. The van der Waals surface area contributed by atoms with Crippen molar-refractivity contribution in [2.75, 3.05) is 16.3 Å². The molecule has 2 aromatic carbocycles. The van der Waals surface area contributed by atoms with Crippen LogP contribution < -0.4 is 14.5 Å². The lowest BCUT2D eigenvalue weighted by Gasteiger charge is -2.25. The van der Waals surface area contributed by atoms with Gasteiger partial charge in [0, 0.05) is 24.7 Å². The Morgan fingerprint density at radius 1 is 1.00 bits per heavy atom. The topological polar surface area (TPSA) is 84.0 Å². The van der Waals surface area contributed by atoms with Crippen molar-refractivity contribution >= 4 is 35.1 Å². The Morgan fingerprint density at radius 3 is 2.57 bits per heavy atom. The smallest absolute Gasteiger partial charge is 0.316 e. The highest BCUT2D eigenvalue weighted by atomic mass is 16.5. The first-order valence-electron chi connectivity index (χ1n) is 12.4. The zero-order chi connectivity index (χ0) is 24.7. The van der Waals surface area contributed by atoms with Crippen LogP contribution in [-0.4, -0.2) is 30.2 Å². The summed E-state index contributed by atoms with van der Waals surface area (Å²) in [6.07, 6.45) is 3.28. The molecule has 2 saturated heterocycles. The Bertz CT molecular complexity index is 1190. The van der Waals surface area contributed by atoms with Crippen molar-refractivity contribution in [3.8, 4) is 5.75 Å². The molecule has 0 aromatic heterocycles. The largest absolute Gasteiger partial charge is 0.426 e. The van der Waals surface area contributed by atoms with E-state index < -0.39 is 11.9 Å². The molecule has 1 aliphatic carbocycles. The second-order valence-corrected chi connectivity index (χ2v) is 9.95. The third-order valence-corrected chi connectivity index (χ3v) is 7.60. The van der Waals surface area contributed by atoms with E-state index in [2.05, 4.69) is 6.92 Å². The number of fused-ring (bicyclic) bond motifs is 1. The van der Waals surface area contributed by atoms with Gasteiger partial charge in [-0.3, -0.25) is 19.2 Å². The van der Waals surface area contributed by atoms with Crippen LogP contribution in [-0.2, 0) is 25.6 Å². The molecule has 3 amide bonds. The van der Waals surface area contributed by atoms with Crippen LogP contribution in [0, 0.1) is 23.7 Å². The number of para-hydroxylation sites is 1. The first-order chi connectivity index (χ1) is 16.9. The third kappa shape index (κ3) is 4.24. The zero-order valence-corrected chi connectivity index (χ0v) is 20.1. The second-order valence-electron chi connectivity index (χ2n) is 9.95. The molecular weight excluding hydrogens is 444 g/mol. The lowest BCUT2D eigenvalue weighted by atomic mass is 9.76. The number of ether oxygens (including phenoxy) is 1. The van der Waals surface area contributed by atoms with Crippen molar-refractivity contribution < 1.29 is 23.9 Å². The number of hydrogen-bond donors (Lipinski definition) is 0. The number of carbonyl (C=O) groups is 4. The van der Waals surface area contributed by atoms with Gasteiger partial charge < -0.3 is 9.64 Å². The molecule has 3 aliphatic rings. The van der Waals surface area contributed by atoms with Crippen LogP contribution in [0.15, 0.2) is 48.5 Å². The number of aryl methyl sites for hydroxylation is 1. The second kappa shape index (κ2) is 9.29. The van der Waals surface area contributed by atoms with Crippen molar-refractivity contribution in [1.29, 1.82) is 0 Å². The van der Waals surface area contributed by atoms with Gasteiger partial charge in [0.15, 0.2) is 0 Å². The van der Waals surface area contributed by atoms with Gasteiger partial charge in [-0.2, -0.15) is 0 Å². The van der Waals surface area contributed by atoms with Crippen LogP contribution >= 0.6 is 0 Å². The Morgan fingerprint density at radius 2 is 1.77 bits per heavy atom. The first kappa shape index (κ1) is 23.3. The van der Waals surface area contributed by atoms with Gasteiger partial charge in [0.25, 0.3) is 0 Å². The van der Waals surface area contributed by atoms with Gasteiger partial charge in [0.2, 0.25) is 17.7 Å². The number of hydrogen-bond acceptors (Lipinski definition) is 5. The molecule has 0 spiro atoms. The quantitative estimate of drug-likeness (QED) is 0.370. The monoisotopic (exact) mass is 474 g/mol. The van der Waals surface area contributed by atoms with E-state index in [0.717, 1.165) is 36.9 Å². The summed E-state index contributed by atoms with van der Waals surface area (Å²) in [6, 6.07) is 14.3. The molecule has 0 radical (unpaired) electrons. The number of rotatable bonds is 5. The minimum atomic E-state index is -0.588. The Kier molecular flexibility index (Phi) is 6.17. The molecule has 35 heavy (non-hydrogen) atoms. The highest BCUT2D eigenvalue weighted by Gasteiger charge is 2.50. The number of nitrogens with zero attached hydrogens (tertiary/aromatic N) is 2. The number of anilines is 2. The van der Waals surface area contributed by atoms with Crippen molar-refractivity contribution in [3.05, 3.63) is 54.1 Å². The molecule has 3 fully saturated rings. The van der Waals surface area contributed by atoms with E-state index >= 15 is 0 Å². The van der Waals surface area contributed by atoms with E-state index in [1.54, 1.807) is 29.2 Å². The molecule has 7 heteroatoms. The van der Waals surface area contributed by atoms with Gasteiger partial charge in [-0.1, -0.05) is 38.1 Å². The molecule has 4 atom stereocenters. The van der Waals surface area contributed by atoms with Crippen LogP contribution in [0.5, 0.6) is 5.75 Å². The summed E-state index contributed by atoms with van der Waals surface area (Å²) >= 11 is 0. The summed E-state index contributed by atoms with van der Waals surface area (Å²) in [5.41, 5.74) is 2.31. The van der Waals surface area contributed by atoms with Crippen LogP contribution in [0.1, 0.15) is 45.1 Å². The van der Waals surface area contributed by atoms with Gasteiger partial charge in [-0.25, -0.2) is 4.90 Å². The summed E-state index contributed by atoms with van der Waals surface area (Å²) in [5.74, 6) is -1.35. The summed E-state index contributed by atoms with van der Waals surface area (Å²) in [4.78, 5) is 54.6. The number of esters is 1. The Hall–Kier alpha value is -3.48. The van der Waals surface area contributed by atoms with Gasteiger partial charge in [-0.15, -0.1) is 0 Å².